The smallest absolute Gasteiger partial charge is 0.369 e. The third-order valence-corrected chi connectivity index (χ3v) is 5.93. The number of hydrogen-bond acceptors (Lipinski definition) is 1. The predicted octanol–water partition coefficient (Wildman–Crippen LogP) is 5.40. The lowest BCUT2D eigenvalue weighted by Crippen LogP contribution is -2.39. The van der Waals surface area contributed by atoms with Gasteiger partial charge in [-0.25, -0.2) is 0 Å². The second kappa shape index (κ2) is 4.80. The maximum absolute atomic E-state index is 14.3. The highest BCUT2D eigenvalue weighted by Crippen LogP contribution is 2.74. The maximum Gasteiger partial charge on any atom is 0.401 e. The zero-order valence-electron chi connectivity index (χ0n) is 14.9. The Bertz CT molecular complexity index is 816. The molecule has 1 nitrogen and oxygen atoms in total. The minimum Gasteiger partial charge on any atom is -0.369 e. The highest BCUT2D eigenvalue weighted by atomic mass is 19.4. The van der Waals surface area contributed by atoms with E-state index in [2.05, 4.69) is 20.8 Å². The van der Waals surface area contributed by atoms with E-state index in [4.69, 9.17) is 0 Å². The summed E-state index contributed by atoms with van der Waals surface area (Å²) in [4.78, 5) is 1.81. The second-order valence-corrected chi connectivity index (χ2v) is 8.29. The Morgan fingerprint density at radius 1 is 0.920 bits per heavy atom. The summed E-state index contributed by atoms with van der Waals surface area (Å²) in [6, 6.07) is 14.0. The van der Waals surface area contributed by atoms with E-state index in [1.54, 1.807) is 19.2 Å². The molecule has 0 radical (unpaired) electrons. The van der Waals surface area contributed by atoms with Gasteiger partial charge in [0.25, 0.3) is 0 Å². The monoisotopic (exact) mass is 345 g/mol. The lowest BCUT2D eigenvalue weighted by Gasteiger charge is -2.30. The molecule has 0 amide bonds. The molecule has 0 bridgehead atoms. The Labute approximate surface area is 146 Å². The number of likely N-dealkylation sites (N-methyl/N-ethyl adjacent to an activating group) is 1. The summed E-state index contributed by atoms with van der Waals surface area (Å²) in [6.45, 7) is 6.20. The summed E-state index contributed by atoms with van der Waals surface area (Å²) in [7, 11) is 1.78. The van der Waals surface area contributed by atoms with Crippen LogP contribution in [0.25, 0.3) is 0 Å². The van der Waals surface area contributed by atoms with Gasteiger partial charge >= 0.3 is 6.18 Å². The molecule has 1 saturated carbocycles. The number of nitrogens with zero attached hydrogens (tertiary/aromatic N) is 1. The molecule has 4 rings (SSSR count). The molecule has 0 unspecified atom stereocenters. The van der Waals surface area contributed by atoms with Crippen molar-refractivity contribution in [3.05, 3.63) is 65.2 Å². The van der Waals surface area contributed by atoms with Crippen molar-refractivity contribution in [1.82, 2.24) is 0 Å². The first-order chi connectivity index (χ1) is 11.6. The van der Waals surface area contributed by atoms with Crippen LogP contribution in [0.4, 0.5) is 18.9 Å². The first-order valence-corrected chi connectivity index (χ1v) is 8.59. The molecule has 0 saturated heterocycles. The summed E-state index contributed by atoms with van der Waals surface area (Å²) in [5.41, 5.74) is 1.28. The van der Waals surface area contributed by atoms with Crippen LogP contribution < -0.4 is 4.90 Å². The van der Waals surface area contributed by atoms with Crippen LogP contribution in [0.5, 0.6) is 0 Å². The third-order valence-electron chi connectivity index (χ3n) is 5.93. The molecule has 0 aromatic heterocycles. The van der Waals surface area contributed by atoms with Gasteiger partial charge in [0.15, 0.2) is 0 Å². The van der Waals surface area contributed by atoms with Crippen LogP contribution in [0.1, 0.15) is 43.4 Å². The van der Waals surface area contributed by atoms with Crippen LogP contribution in [0.2, 0.25) is 0 Å². The fourth-order valence-electron chi connectivity index (χ4n) is 4.64. The highest BCUT2D eigenvalue weighted by molar-refractivity contribution is 5.72. The van der Waals surface area contributed by atoms with Crippen LogP contribution in [0, 0.1) is 0 Å². The van der Waals surface area contributed by atoms with Gasteiger partial charge in [-0.2, -0.15) is 13.2 Å². The highest BCUT2D eigenvalue weighted by Gasteiger charge is 2.82. The average Bonchev–Trinajstić information content (AvgIpc) is 3.16. The molecule has 2 aromatic carbocycles. The lowest BCUT2D eigenvalue weighted by molar-refractivity contribution is -0.163. The van der Waals surface area contributed by atoms with E-state index in [1.165, 1.54) is 0 Å². The largest absolute Gasteiger partial charge is 0.401 e. The average molecular weight is 345 g/mol. The standard InChI is InChI=1S/C21H22F3N/c1-19(2,3)13-9-11-14(12-10-13)20(21(22,23)24)17-15-7-5-6-8-16(15)25(4)18(17)20/h5-12,17-18H,1-4H3/t17-,18+,20+/m0/s1. The molecule has 2 aliphatic rings. The molecular formula is C21H22F3N. The summed E-state index contributed by atoms with van der Waals surface area (Å²) in [5, 5.41) is 0. The molecule has 0 spiro atoms. The first kappa shape index (κ1) is 16.5. The molecule has 2 aromatic rings. The van der Waals surface area contributed by atoms with Gasteiger partial charge in [-0.05, 0) is 28.2 Å². The SMILES string of the molecule is CN1c2ccccc2[C@H]2[C@@H]1[C@]2(c1ccc(C(C)(C)C)cc1)C(F)(F)F. The molecular weight excluding hydrogens is 323 g/mol. The molecule has 25 heavy (non-hydrogen) atoms. The fourth-order valence-corrected chi connectivity index (χ4v) is 4.64. The minimum atomic E-state index is -4.28. The van der Waals surface area contributed by atoms with Crippen molar-refractivity contribution in [2.45, 2.75) is 49.7 Å². The van der Waals surface area contributed by atoms with Gasteiger partial charge in [-0.15, -0.1) is 0 Å². The van der Waals surface area contributed by atoms with Crippen molar-refractivity contribution in [2.75, 3.05) is 11.9 Å². The van der Waals surface area contributed by atoms with Crippen LogP contribution in [0.15, 0.2) is 48.5 Å². The van der Waals surface area contributed by atoms with Crippen molar-refractivity contribution in [3.63, 3.8) is 0 Å². The molecule has 1 aliphatic heterocycles. The summed E-state index contributed by atoms with van der Waals surface area (Å²) in [5.74, 6) is -0.519. The molecule has 0 N–H and O–H groups in total. The van der Waals surface area contributed by atoms with Gasteiger partial charge in [0.1, 0.15) is 5.41 Å². The van der Waals surface area contributed by atoms with Crippen LogP contribution in [0.3, 0.4) is 0 Å². The van der Waals surface area contributed by atoms with Crippen LogP contribution in [-0.2, 0) is 10.8 Å². The third kappa shape index (κ3) is 2.03. The topological polar surface area (TPSA) is 3.24 Å². The fraction of sp³-hybridized carbons (Fsp3) is 0.429. The number of halogens is 3. The van der Waals surface area contributed by atoms with Crippen molar-refractivity contribution in [2.24, 2.45) is 0 Å². The Kier molecular flexibility index (Phi) is 3.17. The van der Waals surface area contributed by atoms with E-state index in [0.29, 0.717) is 5.56 Å². The number of para-hydroxylation sites is 1. The molecule has 1 fully saturated rings. The van der Waals surface area contributed by atoms with Gasteiger partial charge in [0.05, 0.1) is 6.04 Å². The Balaban J connectivity index is 1.83. The van der Waals surface area contributed by atoms with E-state index in [0.717, 1.165) is 16.8 Å². The summed E-state index contributed by atoms with van der Waals surface area (Å²) >= 11 is 0. The van der Waals surface area contributed by atoms with Crippen molar-refractivity contribution in [3.8, 4) is 0 Å². The van der Waals surface area contributed by atoms with Crippen molar-refractivity contribution >= 4 is 5.69 Å². The summed E-state index contributed by atoms with van der Waals surface area (Å²) < 4.78 is 42.8. The van der Waals surface area contributed by atoms with E-state index < -0.39 is 23.6 Å². The van der Waals surface area contributed by atoms with E-state index >= 15 is 0 Å². The van der Waals surface area contributed by atoms with Crippen LogP contribution in [-0.4, -0.2) is 19.3 Å². The van der Waals surface area contributed by atoms with Crippen molar-refractivity contribution < 1.29 is 13.2 Å². The summed E-state index contributed by atoms with van der Waals surface area (Å²) in [6.07, 6.45) is -4.28. The molecule has 1 aliphatic carbocycles. The van der Waals surface area contributed by atoms with E-state index in [-0.39, 0.29) is 5.41 Å². The van der Waals surface area contributed by atoms with Gasteiger partial charge in [-0.1, -0.05) is 63.2 Å². The number of anilines is 1. The molecule has 3 atom stereocenters. The predicted molar refractivity (Wildman–Crippen MR) is 94.2 cm³/mol. The van der Waals surface area contributed by atoms with Gasteiger partial charge < -0.3 is 4.90 Å². The number of hydrogen-bond donors (Lipinski definition) is 0. The van der Waals surface area contributed by atoms with Gasteiger partial charge in [-0.3, -0.25) is 0 Å². The molecule has 1 heterocycles. The van der Waals surface area contributed by atoms with E-state index in [1.807, 2.05) is 41.3 Å². The van der Waals surface area contributed by atoms with Gasteiger partial charge in [0.2, 0.25) is 0 Å². The zero-order chi connectivity index (χ0) is 18.2. The second-order valence-electron chi connectivity index (χ2n) is 8.29. The van der Waals surface area contributed by atoms with E-state index in [9.17, 15) is 13.2 Å². The lowest BCUT2D eigenvalue weighted by atomic mass is 9.83. The Morgan fingerprint density at radius 2 is 1.52 bits per heavy atom. The van der Waals surface area contributed by atoms with Crippen LogP contribution >= 0.6 is 0 Å². The maximum atomic E-state index is 14.3. The zero-order valence-corrected chi connectivity index (χ0v) is 14.9. The number of rotatable bonds is 1. The molecule has 132 valence electrons. The first-order valence-electron chi connectivity index (χ1n) is 8.59. The van der Waals surface area contributed by atoms with Crippen molar-refractivity contribution in [1.29, 1.82) is 0 Å². The normalized spacial score (nSPS) is 27.9. The molecule has 4 heteroatoms. The number of fused-ring (bicyclic) bond motifs is 3. The minimum absolute atomic E-state index is 0.0766. The quantitative estimate of drug-likeness (QED) is 0.669. The number of alkyl halides is 3. The van der Waals surface area contributed by atoms with Gasteiger partial charge in [0, 0.05) is 18.7 Å². The Hall–Kier alpha value is -1.97. The number of benzene rings is 2. The Morgan fingerprint density at radius 3 is 2.08 bits per heavy atom.